The molecule has 0 fully saturated rings. The van der Waals surface area contributed by atoms with E-state index in [2.05, 4.69) is 0 Å². The van der Waals surface area contributed by atoms with Crippen molar-refractivity contribution in [2.24, 2.45) is 0 Å². The molecule has 0 bridgehead atoms. The predicted molar refractivity (Wildman–Crippen MR) is 118 cm³/mol. The molecule has 0 N–H and O–H groups in total. The highest BCUT2D eigenvalue weighted by atomic mass is 32.3. The molecule has 0 amide bonds. The molecule has 156 valence electrons. The minimum atomic E-state index is -1.45. The molecule has 0 aromatic heterocycles. The van der Waals surface area contributed by atoms with Gasteiger partial charge in [0.15, 0.2) is 0 Å². The summed E-state index contributed by atoms with van der Waals surface area (Å²) in [5, 5.41) is 2.92. The van der Waals surface area contributed by atoms with E-state index in [1.54, 1.807) is 77.0 Å². The fraction of sp³-hybridized carbons (Fsp3) is 0.238. The quantitative estimate of drug-likeness (QED) is 0.527. The van der Waals surface area contributed by atoms with Crippen LogP contribution in [-0.2, 0) is 22.4 Å². The Morgan fingerprint density at radius 2 is 0.966 bits per heavy atom. The molecule has 0 radical (unpaired) electrons. The second kappa shape index (κ2) is 11.7. The maximum atomic E-state index is 12.3. The number of rotatable bonds is 10. The molecule has 8 heteroatoms. The van der Waals surface area contributed by atoms with Gasteiger partial charge in [-0.1, -0.05) is 12.1 Å². The normalized spacial score (nSPS) is 13.4. The molecule has 0 saturated heterocycles. The van der Waals surface area contributed by atoms with Crippen molar-refractivity contribution >= 4 is 34.5 Å². The van der Waals surface area contributed by atoms with Crippen LogP contribution in [0.25, 0.3) is 12.2 Å². The first-order chi connectivity index (χ1) is 14.0. The van der Waals surface area contributed by atoms with E-state index < -0.39 is 22.4 Å². The zero-order valence-electron chi connectivity index (χ0n) is 16.7. The van der Waals surface area contributed by atoms with Crippen LogP contribution >= 0.6 is 0 Å². The summed E-state index contributed by atoms with van der Waals surface area (Å²) in [7, 11) is 6.20. The molecule has 2 unspecified atom stereocenters. The Hall–Kier alpha value is -2.26. The third kappa shape index (κ3) is 6.37. The van der Waals surface area contributed by atoms with E-state index in [0.717, 1.165) is 0 Å². The summed E-state index contributed by atoms with van der Waals surface area (Å²) in [5.74, 6) is 2.40. The van der Waals surface area contributed by atoms with Crippen molar-refractivity contribution in [3.05, 3.63) is 58.3 Å². The number of benzene rings is 2. The van der Waals surface area contributed by atoms with Gasteiger partial charge in [-0.2, -0.15) is 0 Å². The Morgan fingerprint density at radius 1 is 0.655 bits per heavy atom. The molecular weight excluding hydrogens is 412 g/mol. The van der Waals surface area contributed by atoms with Crippen molar-refractivity contribution in [2.75, 3.05) is 33.5 Å². The summed E-state index contributed by atoms with van der Waals surface area (Å²) in [6, 6.07) is 10.7. The minimum absolute atomic E-state index is 0.0398. The lowest BCUT2D eigenvalue weighted by Crippen LogP contribution is -2.12. The van der Waals surface area contributed by atoms with Crippen molar-refractivity contribution in [1.82, 2.24) is 0 Å². The van der Waals surface area contributed by atoms with Crippen molar-refractivity contribution in [3.8, 4) is 23.0 Å². The molecule has 29 heavy (non-hydrogen) atoms. The van der Waals surface area contributed by atoms with Gasteiger partial charge in [-0.25, -0.2) is 0 Å². The van der Waals surface area contributed by atoms with Crippen LogP contribution in [0.15, 0.2) is 47.2 Å². The third-order valence-electron chi connectivity index (χ3n) is 3.94. The Kier molecular flexibility index (Phi) is 9.27. The summed E-state index contributed by atoms with van der Waals surface area (Å²) in [6.07, 6.45) is 3.30. The molecule has 0 aliphatic carbocycles. The topological polar surface area (TPSA) is 83.0 Å². The van der Waals surface area contributed by atoms with Gasteiger partial charge in [0, 0.05) is 34.5 Å². The minimum Gasteiger partial charge on any atom is -0.608 e. The van der Waals surface area contributed by atoms with Gasteiger partial charge in [0.2, 0.25) is 0 Å². The first kappa shape index (κ1) is 23.0. The van der Waals surface area contributed by atoms with Crippen molar-refractivity contribution < 1.29 is 28.1 Å². The largest absolute Gasteiger partial charge is 0.608 e. The SMILES string of the molecule is COc1cccc(OC)c1C=C[S+]([O-])C[S+]([O-])C=Cc1c(OC)cccc1OC. The van der Waals surface area contributed by atoms with Crippen molar-refractivity contribution in [1.29, 1.82) is 0 Å². The summed E-state index contributed by atoms with van der Waals surface area (Å²) in [5.41, 5.74) is 1.34. The molecular formula is C21H24O6S2. The van der Waals surface area contributed by atoms with Gasteiger partial charge < -0.3 is 28.1 Å². The highest BCUT2D eigenvalue weighted by Gasteiger charge is 2.15. The number of methoxy groups -OCH3 is 4. The molecule has 0 spiro atoms. The van der Waals surface area contributed by atoms with Gasteiger partial charge in [-0.15, -0.1) is 0 Å². The Labute approximate surface area is 177 Å². The van der Waals surface area contributed by atoms with Gasteiger partial charge in [-0.05, 0) is 24.3 Å². The summed E-state index contributed by atoms with van der Waals surface area (Å²) >= 11 is -2.90. The van der Waals surface area contributed by atoms with E-state index in [1.807, 2.05) is 0 Å². The van der Waals surface area contributed by atoms with Gasteiger partial charge in [0.05, 0.1) is 39.6 Å². The summed E-state index contributed by atoms with van der Waals surface area (Å²) in [4.78, 5) is 0. The van der Waals surface area contributed by atoms with E-state index in [0.29, 0.717) is 34.1 Å². The van der Waals surface area contributed by atoms with E-state index in [1.165, 1.54) is 10.8 Å². The third-order valence-corrected chi connectivity index (χ3v) is 6.67. The number of hydrogen-bond acceptors (Lipinski definition) is 6. The molecule has 2 aromatic carbocycles. The molecule has 2 rings (SSSR count). The van der Waals surface area contributed by atoms with E-state index in [4.69, 9.17) is 18.9 Å². The number of ether oxygens (including phenoxy) is 4. The first-order valence-corrected chi connectivity index (χ1v) is 11.3. The standard InChI is InChI=1S/C21H24O6S2/c1-24-18-7-5-8-19(25-2)16(18)11-13-28(22)15-29(23)14-12-17-20(26-3)9-6-10-21(17)27-4/h5-14H,15H2,1-4H3. The fourth-order valence-corrected chi connectivity index (χ4v) is 4.69. The molecule has 2 atom stereocenters. The summed E-state index contributed by atoms with van der Waals surface area (Å²) in [6.45, 7) is 0. The maximum Gasteiger partial charge on any atom is 0.262 e. The monoisotopic (exact) mass is 436 g/mol. The van der Waals surface area contributed by atoms with Gasteiger partial charge in [-0.3, -0.25) is 0 Å². The van der Waals surface area contributed by atoms with Crippen LogP contribution in [0, 0.1) is 0 Å². The van der Waals surface area contributed by atoms with Crippen LogP contribution in [0.4, 0.5) is 0 Å². The molecule has 0 heterocycles. The van der Waals surface area contributed by atoms with Crippen LogP contribution in [0.3, 0.4) is 0 Å². The summed E-state index contributed by atoms with van der Waals surface area (Å²) < 4.78 is 45.9. The molecule has 2 aromatic rings. The predicted octanol–water partition coefficient (Wildman–Crippen LogP) is 3.82. The average Bonchev–Trinajstić information content (AvgIpc) is 2.75. The van der Waals surface area contributed by atoms with Gasteiger partial charge in [0.1, 0.15) is 33.8 Å². The lowest BCUT2D eigenvalue weighted by atomic mass is 10.2. The Balaban J connectivity index is 2.08. The Bertz CT molecular complexity index is 739. The highest BCUT2D eigenvalue weighted by Crippen LogP contribution is 2.31. The van der Waals surface area contributed by atoms with E-state index in [-0.39, 0.29) is 5.08 Å². The van der Waals surface area contributed by atoms with Crippen LogP contribution in [0.2, 0.25) is 0 Å². The maximum absolute atomic E-state index is 12.3. The van der Waals surface area contributed by atoms with Gasteiger partial charge >= 0.3 is 0 Å². The highest BCUT2D eigenvalue weighted by molar-refractivity contribution is 8.10. The zero-order valence-corrected chi connectivity index (χ0v) is 18.4. The lowest BCUT2D eigenvalue weighted by molar-refractivity contribution is 0.392. The molecule has 0 saturated carbocycles. The van der Waals surface area contributed by atoms with E-state index >= 15 is 0 Å². The average molecular weight is 437 g/mol. The van der Waals surface area contributed by atoms with E-state index in [9.17, 15) is 9.11 Å². The zero-order chi connectivity index (χ0) is 21.2. The van der Waals surface area contributed by atoms with Crippen LogP contribution in [0.1, 0.15) is 11.1 Å². The molecule has 6 nitrogen and oxygen atoms in total. The van der Waals surface area contributed by atoms with Crippen molar-refractivity contribution in [2.45, 2.75) is 0 Å². The second-order valence-electron chi connectivity index (χ2n) is 5.64. The fourth-order valence-electron chi connectivity index (χ4n) is 2.57. The smallest absolute Gasteiger partial charge is 0.262 e. The molecule has 0 aliphatic heterocycles. The lowest BCUT2D eigenvalue weighted by Gasteiger charge is -2.11. The molecule has 0 aliphatic rings. The van der Waals surface area contributed by atoms with Gasteiger partial charge in [0.25, 0.3) is 5.08 Å². The second-order valence-corrected chi connectivity index (χ2v) is 8.65. The van der Waals surface area contributed by atoms with Crippen LogP contribution in [-0.4, -0.2) is 42.6 Å². The van der Waals surface area contributed by atoms with Crippen LogP contribution in [0.5, 0.6) is 23.0 Å². The Morgan fingerprint density at radius 3 is 1.24 bits per heavy atom. The number of hydrogen-bond donors (Lipinski definition) is 0. The van der Waals surface area contributed by atoms with Crippen LogP contribution < -0.4 is 18.9 Å². The van der Waals surface area contributed by atoms with Crippen molar-refractivity contribution in [3.63, 3.8) is 0 Å². The first-order valence-electron chi connectivity index (χ1n) is 8.56.